The Bertz CT molecular complexity index is 507. The largest absolute Gasteiger partial charge is 0.481 e. The number of carbonyl (C=O) groups is 2. The summed E-state index contributed by atoms with van der Waals surface area (Å²) in [5.74, 6) is 2.56. The van der Waals surface area contributed by atoms with E-state index < -0.39 is 5.97 Å². The molecule has 5 fully saturated rings. The Kier molecular flexibility index (Phi) is 5.24. The summed E-state index contributed by atoms with van der Waals surface area (Å²) in [5.41, 5.74) is 7.66. The molecule has 0 radical (unpaired) electrons. The van der Waals surface area contributed by atoms with Gasteiger partial charge in [-0.2, -0.15) is 0 Å². The van der Waals surface area contributed by atoms with Crippen molar-refractivity contribution in [3.8, 4) is 0 Å². The summed E-state index contributed by atoms with van der Waals surface area (Å²) in [6, 6.07) is 0. The fraction of sp³-hybridized carbons (Fsp3) is 0.900. The third-order valence-electron chi connectivity index (χ3n) is 7.30. The number of hydrazine groups is 1. The maximum absolute atomic E-state index is 12.0. The normalized spacial score (nSPS) is 36.5. The van der Waals surface area contributed by atoms with Crippen LogP contribution in [0.1, 0.15) is 64.2 Å². The number of rotatable bonds is 7. The summed E-state index contributed by atoms with van der Waals surface area (Å²) in [5, 5.41) is 8.70. The van der Waals surface area contributed by atoms with E-state index in [9.17, 15) is 9.59 Å². The molecular weight excluding hydrogens is 330 g/mol. The molecule has 6 nitrogen and oxygen atoms in total. The Morgan fingerprint density at radius 3 is 2.08 bits per heavy atom. The highest BCUT2D eigenvalue weighted by Gasteiger charge is 2.50. The van der Waals surface area contributed by atoms with Crippen molar-refractivity contribution in [1.29, 1.82) is 0 Å². The number of carbonyl (C=O) groups excluding carboxylic acids is 1. The maximum Gasteiger partial charge on any atom is 0.303 e. The first-order chi connectivity index (χ1) is 12.5. The minimum atomic E-state index is -0.895. The number of hydrogen-bond donors (Lipinski definition) is 3. The standard InChI is InChI=1S/C20H33N3O3/c24-18(1-2-19(25)26)23-5-3-14(4-6-23)13-21-22-20-10-15-7-16(11-20)9-17(8-15)12-20/h14-17,21-22H,1-13H2,(H,25,26). The minimum Gasteiger partial charge on any atom is -0.481 e. The zero-order valence-corrected chi connectivity index (χ0v) is 15.7. The number of carboxylic acids is 1. The Morgan fingerprint density at radius 1 is 0.962 bits per heavy atom. The van der Waals surface area contributed by atoms with E-state index in [2.05, 4.69) is 10.9 Å². The van der Waals surface area contributed by atoms with E-state index in [1.807, 2.05) is 4.90 Å². The van der Waals surface area contributed by atoms with Crippen molar-refractivity contribution in [2.45, 2.75) is 69.7 Å². The van der Waals surface area contributed by atoms with Crippen LogP contribution in [0.2, 0.25) is 0 Å². The predicted molar refractivity (Wildman–Crippen MR) is 98.2 cm³/mol. The number of aliphatic carboxylic acids is 1. The second-order valence-electron chi connectivity index (χ2n) is 9.42. The molecule has 4 aliphatic carbocycles. The van der Waals surface area contributed by atoms with E-state index in [0.717, 1.165) is 50.2 Å². The fourth-order valence-corrected chi connectivity index (χ4v) is 6.41. The molecule has 1 heterocycles. The number of amides is 1. The molecule has 4 bridgehead atoms. The van der Waals surface area contributed by atoms with Gasteiger partial charge in [0.1, 0.15) is 0 Å². The molecule has 0 aromatic carbocycles. The lowest BCUT2D eigenvalue weighted by molar-refractivity contribution is -0.141. The summed E-state index contributed by atoms with van der Waals surface area (Å²) in [6.07, 6.45) is 10.5. The first-order valence-corrected chi connectivity index (χ1v) is 10.5. The molecule has 3 N–H and O–H groups in total. The lowest BCUT2D eigenvalue weighted by Gasteiger charge is -2.57. The van der Waals surface area contributed by atoms with Crippen LogP contribution >= 0.6 is 0 Å². The number of hydrogen-bond acceptors (Lipinski definition) is 4. The van der Waals surface area contributed by atoms with Crippen LogP contribution in [0.3, 0.4) is 0 Å². The van der Waals surface area contributed by atoms with Gasteiger partial charge >= 0.3 is 5.97 Å². The smallest absolute Gasteiger partial charge is 0.303 e. The summed E-state index contributed by atoms with van der Waals surface area (Å²) in [4.78, 5) is 24.5. The average Bonchev–Trinajstić information content (AvgIpc) is 2.59. The molecule has 1 saturated heterocycles. The van der Waals surface area contributed by atoms with Crippen LogP contribution in [0, 0.1) is 23.7 Å². The van der Waals surface area contributed by atoms with Crippen LogP contribution in [0.25, 0.3) is 0 Å². The zero-order chi connectivity index (χ0) is 18.1. The Balaban J connectivity index is 1.17. The molecule has 0 unspecified atom stereocenters. The van der Waals surface area contributed by atoms with Crippen molar-refractivity contribution in [1.82, 2.24) is 15.8 Å². The van der Waals surface area contributed by atoms with Gasteiger partial charge in [-0.15, -0.1) is 0 Å². The molecule has 146 valence electrons. The van der Waals surface area contributed by atoms with Crippen LogP contribution in [0.4, 0.5) is 0 Å². The molecule has 1 amide bonds. The molecule has 26 heavy (non-hydrogen) atoms. The van der Waals surface area contributed by atoms with Crippen LogP contribution in [-0.2, 0) is 9.59 Å². The quantitative estimate of drug-likeness (QED) is 0.604. The van der Waals surface area contributed by atoms with Crippen molar-refractivity contribution < 1.29 is 14.7 Å². The molecule has 4 saturated carbocycles. The van der Waals surface area contributed by atoms with E-state index >= 15 is 0 Å². The van der Waals surface area contributed by atoms with Gasteiger partial charge in [0.2, 0.25) is 5.91 Å². The predicted octanol–water partition coefficient (Wildman–Crippen LogP) is 2.15. The van der Waals surface area contributed by atoms with Crippen molar-refractivity contribution in [2.75, 3.05) is 19.6 Å². The number of carboxylic acid groups (broad SMARTS) is 1. The van der Waals surface area contributed by atoms with Crippen molar-refractivity contribution in [3.05, 3.63) is 0 Å². The third-order valence-corrected chi connectivity index (χ3v) is 7.30. The van der Waals surface area contributed by atoms with Crippen molar-refractivity contribution >= 4 is 11.9 Å². The van der Waals surface area contributed by atoms with Gasteiger partial charge in [-0.1, -0.05) is 0 Å². The molecule has 0 aromatic rings. The highest BCUT2D eigenvalue weighted by molar-refractivity contribution is 5.80. The van der Waals surface area contributed by atoms with Crippen molar-refractivity contribution in [3.63, 3.8) is 0 Å². The number of piperidine rings is 1. The summed E-state index contributed by atoms with van der Waals surface area (Å²) in [6.45, 7) is 2.50. The molecule has 1 aliphatic heterocycles. The molecule has 6 heteroatoms. The lowest BCUT2D eigenvalue weighted by atomic mass is 9.53. The van der Waals surface area contributed by atoms with E-state index in [1.54, 1.807) is 0 Å². The minimum absolute atomic E-state index is 0.00880. The van der Waals surface area contributed by atoms with Crippen LogP contribution in [0.5, 0.6) is 0 Å². The highest BCUT2D eigenvalue weighted by Crippen LogP contribution is 2.55. The second-order valence-corrected chi connectivity index (χ2v) is 9.42. The lowest BCUT2D eigenvalue weighted by Crippen LogP contribution is -2.62. The molecule has 0 spiro atoms. The Morgan fingerprint density at radius 2 is 1.54 bits per heavy atom. The topological polar surface area (TPSA) is 81.7 Å². The van der Waals surface area contributed by atoms with Gasteiger partial charge < -0.3 is 10.0 Å². The first kappa shape index (κ1) is 18.2. The monoisotopic (exact) mass is 363 g/mol. The van der Waals surface area contributed by atoms with Gasteiger partial charge in [0, 0.05) is 31.6 Å². The number of nitrogens with zero attached hydrogens (tertiary/aromatic N) is 1. The molecule has 5 rings (SSSR count). The molecule has 0 atom stereocenters. The van der Waals surface area contributed by atoms with Gasteiger partial charge in [-0.25, -0.2) is 0 Å². The molecular formula is C20H33N3O3. The van der Waals surface area contributed by atoms with E-state index in [1.165, 1.54) is 38.5 Å². The number of likely N-dealkylation sites (tertiary alicyclic amines) is 1. The highest BCUT2D eigenvalue weighted by atomic mass is 16.4. The van der Waals surface area contributed by atoms with E-state index in [4.69, 9.17) is 5.11 Å². The van der Waals surface area contributed by atoms with Crippen LogP contribution in [0.15, 0.2) is 0 Å². The van der Waals surface area contributed by atoms with E-state index in [-0.39, 0.29) is 18.7 Å². The first-order valence-electron chi connectivity index (χ1n) is 10.5. The van der Waals surface area contributed by atoms with Gasteiger partial charge in [0.15, 0.2) is 0 Å². The van der Waals surface area contributed by atoms with Crippen LogP contribution in [-0.4, -0.2) is 47.1 Å². The third kappa shape index (κ3) is 4.06. The van der Waals surface area contributed by atoms with Gasteiger partial charge in [0.25, 0.3) is 0 Å². The van der Waals surface area contributed by atoms with Gasteiger partial charge in [-0.3, -0.25) is 20.4 Å². The summed E-state index contributed by atoms with van der Waals surface area (Å²) >= 11 is 0. The zero-order valence-electron chi connectivity index (χ0n) is 15.7. The summed E-state index contributed by atoms with van der Waals surface area (Å²) in [7, 11) is 0. The summed E-state index contributed by atoms with van der Waals surface area (Å²) < 4.78 is 0. The maximum atomic E-state index is 12.0. The molecule has 5 aliphatic rings. The van der Waals surface area contributed by atoms with Gasteiger partial charge in [-0.05, 0) is 75.0 Å². The molecule has 0 aromatic heterocycles. The SMILES string of the molecule is O=C(O)CCC(=O)N1CCC(CNNC23CC4CC(CC(C4)C2)C3)CC1. The second kappa shape index (κ2) is 7.47. The van der Waals surface area contributed by atoms with E-state index in [0.29, 0.717) is 11.5 Å². The fourth-order valence-electron chi connectivity index (χ4n) is 6.41. The van der Waals surface area contributed by atoms with Crippen LogP contribution < -0.4 is 10.9 Å². The van der Waals surface area contributed by atoms with Gasteiger partial charge in [0.05, 0.1) is 6.42 Å². The Labute approximate surface area is 156 Å². The Hall–Kier alpha value is -1.14. The average molecular weight is 364 g/mol. The number of nitrogens with one attached hydrogen (secondary N) is 2. The van der Waals surface area contributed by atoms with Crippen molar-refractivity contribution in [2.24, 2.45) is 23.7 Å².